The molecule has 1 atom stereocenters. The molecule has 0 heterocycles. The lowest BCUT2D eigenvalue weighted by molar-refractivity contribution is 0.627. The average molecular weight is 309 g/mol. The number of halogens is 1. The molecule has 0 unspecified atom stereocenters. The Labute approximate surface area is 132 Å². The van der Waals surface area contributed by atoms with Crippen LogP contribution in [0.3, 0.4) is 0 Å². The van der Waals surface area contributed by atoms with Crippen LogP contribution in [0.15, 0.2) is 60.3 Å². The molecular weight excluding hydrogens is 289 g/mol. The Morgan fingerprint density at radius 2 is 1.45 bits per heavy atom. The van der Waals surface area contributed by atoms with Crippen LogP contribution >= 0.6 is 0 Å². The first kappa shape index (κ1) is 16.2. The second-order valence-electron chi connectivity index (χ2n) is 6.49. The Bertz CT molecular complexity index is 688. The summed E-state index contributed by atoms with van der Waals surface area (Å²) in [6.45, 7) is 6.85. The van der Waals surface area contributed by atoms with E-state index in [-0.39, 0.29) is 11.7 Å². The van der Waals surface area contributed by atoms with Crippen LogP contribution in [0.5, 0.6) is 0 Å². The molecule has 0 saturated carbocycles. The maximum Gasteiger partial charge on any atom is 0.123 e. The lowest BCUT2D eigenvalue weighted by Crippen LogP contribution is -2.16. The van der Waals surface area contributed by atoms with Gasteiger partial charge in [0, 0.05) is 5.92 Å². The standard InChI is InChI=1S/C19H20FNSi/c1-22(2,3)13-12-19(17-8-10-18(20)11-9-17)16-6-4-15(14-21)5-7-16/h4-13,19H,1-3H3/b13-12+/t19-/m1/s1. The van der Waals surface area contributed by atoms with Gasteiger partial charge in [0.25, 0.3) is 0 Å². The number of nitrogens with zero attached hydrogens (tertiary/aromatic N) is 1. The molecule has 112 valence electrons. The Morgan fingerprint density at radius 3 is 1.91 bits per heavy atom. The average Bonchev–Trinajstić information content (AvgIpc) is 2.49. The third kappa shape index (κ3) is 4.41. The molecule has 3 heteroatoms. The van der Waals surface area contributed by atoms with Crippen molar-refractivity contribution in [1.29, 1.82) is 5.26 Å². The quantitative estimate of drug-likeness (QED) is 0.706. The van der Waals surface area contributed by atoms with Crippen LogP contribution < -0.4 is 0 Å². The summed E-state index contributed by atoms with van der Waals surface area (Å²) in [5.74, 6) is -0.142. The maximum absolute atomic E-state index is 13.2. The van der Waals surface area contributed by atoms with Crippen molar-refractivity contribution in [2.75, 3.05) is 0 Å². The summed E-state index contributed by atoms with van der Waals surface area (Å²) in [5.41, 5.74) is 5.12. The van der Waals surface area contributed by atoms with E-state index >= 15 is 0 Å². The molecule has 2 aromatic rings. The molecule has 0 aliphatic rings. The predicted octanol–water partition coefficient (Wildman–Crippen LogP) is 5.26. The van der Waals surface area contributed by atoms with E-state index in [2.05, 4.69) is 37.5 Å². The summed E-state index contributed by atoms with van der Waals surface area (Å²) >= 11 is 0. The molecule has 1 nitrogen and oxygen atoms in total. The number of allylic oxidation sites excluding steroid dienone is 1. The highest BCUT2D eigenvalue weighted by molar-refractivity contribution is 6.80. The monoisotopic (exact) mass is 309 g/mol. The van der Waals surface area contributed by atoms with E-state index in [0.717, 1.165) is 11.1 Å². The number of hydrogen-bond donors (Lipinski definition) is 0. The third-order valence-corrected chi connectivity index (χ3v) is 4.61. The lowest BCUT2D eigenvalue weighted by atomic mass is 9.91. The molecule has 2 rings (SSSR count). The zero-order valence-electron chi connectivity index (χ0n) is 13.2. The molecule has 2 aromatic carbocycles. The van der Waals surface area contributed by atoms with Gasteiger partial charge in [0.15, 0.2) is 0 Å². The van der Waals surface area contributed by atoms with Crippen LogP contribution in [0.2, 0.25) is 19.6 Å². The third-order valence-electron chi connectivity index (χ3n) is 3.42. The molecule has 0 spiro atoms. The van der Waals surface area contributed by atoms with E-state index in [9.17, 15) is 4.39 Å². The van der Waals surface area contributed by atoms with Gasteiger partial charge in [-0.25, -0.2) is 4.39 Å². The number of rotatable bonds is 4. The van der Waals surface area contributed by atoms with Crippen LogP contribution in [0.25, 0.3) is 0 Å². The van der Waals surface area contributed by atoms with Crippen LogP contribution in [0.4, 0.5) is 4.39 Å². The van der Waals surface area contributed by atoms with Crippen molar-refractivity contribution >= 4 is 8.07 Å². The van der Waals surface area contributed by atoms with Crippen molar-refractivity contribution < 1.29 is 4.39 Å². The molecule has 0 aliphatic carbocycles. The lowest BCUT2D eigenvalue weighted by Gasteiger charge is -2.17. The fraction of sp³-hybridized carbons (Fsp3) is 0.211. The molecule has 0 N–H and O–H groups in total. The maximum atomic E-state index is 13.2. The van der Waals surface area contributed by atoms with Gasteiger partial charge < -0.3 is 0 Å². The SMILES string of the molecule is C[Si](C)(C)/C=C/[C@@H](c1ccc(F)cc1)c1ccc(C#N)cc1. The first-order valence-corrected chi connectivity index (χ1v) is 10.9. The van der Waals surface area contributed by atoms with Gasteiger partial charge in [0.1, 0.15) is 5.82 Å². The van der Waals surface area contributed by atoms with Crippen molar-refractivity contribution in [2.24, 2.45) is 0 Å². The van der Waals surface area contributed by atoms with E-state index < -0.39 is 8.07 Å². The van der Waals surface area contributed by atoms with Crippen molar-refractivity contribution in [3.63, 3.8) is 0 Å². The van der Waals surface area contributed by atoms with Crippen molar-refractivity contribution in [3.8, 4) is 6.07 Å². The van der Waals surface area contributed by atoms with E-state index in [1.54, 1.807) is 0 Å². The van der Waals surface area contributed by atoms with Crippen molar-refractivity contribution in [1.82, 2.24) is 0 Å². The summed E-state index contributed by atoms with van der Waals surface area (Å²) in [5, 5.41) is 8.92. The largest absolute Gasteiger partial charge is 0.207 e. The fourth-order valence-electron chi connectivity index (χ4n) is 2.23. The van der Waals surface area contributed by atoms with Gasteiger partial charge in [0.2, 0.25) is 0 Å². The molecule has 0 bridgehead atoms. The first-order chi connectivity index (χ1) is 10.4. The van der Waals surface area contributed by atoms with E-state index in [1.165, 1.54) is 12.1 Å². The van der Waals surface area contributed by atoms with Crippen LogP contribution in [-0.4, -0.2) is 8.07 Å². The molecule has 0 aliphatic heterocycles. The van der Waals surface area contributed by atoms with Gasteiger partial charge in [-0.05, 0) is 35.4 Å². The highest BCUT2D eigenvalue weighted by Crippen LogP contribution is 2.27. The van der Waals surface area contributed by atoms with Crippen molar-refractivity contribution in [3.05, 3.63) is 82.8 Å². The summed E-state index contributed by atoms with van der Waals surface area (Å²) in [7, 11) is -1.32. The number of benzene rings is 2. The molecule has 0 fully saturated rings. The van der Waals surface area contributed by atoms with Gasteiger partial charge in [-0.1, -0.05) is 55.7 Å². The smallest absolute Gasteiger partial charge is 0.123 e. The number of nitriles is 1. The van der Waals surface area contributed by atoms with Crippen LogP contribution in [0.1, 0.15) is 22.6 Å². The molecule has 0 aromatic heterocycles. The van der Waals surface area contributed by atoms with Crippen LogP contribution in [0, 0.1) is 17.1 Å². The Balaban J connectivity index is 2.42. The predicted molar refractivity (Wildman–Crippen MR) is 91.9 cm³/mol. The van der Waals surface area contributed by atoms with Gasteiger partial charge in [-0.2, -0.15) is 5.26 Å². The van der Waals surface area contributed by atoms with Crippen molar-refractivity contribution in [2.45, 2.75) is 25.6 Å². The molecule has 0 amide bonds. The summed E-state index contributed by atoms with van der Waals surface area (Å²) < 4.78 is 13.2. The second kappa shape index (κ2) is 6.72. The van der Waals surface area contributed by atoms with E-state index in [1.807, 2.05) is 36.4 Å². The first-order valence-electron chi connectivity index (χ1n) is 7.34. The second-order valence-corrected chi connectivity index (χ2v) is 11.6. The molecule has 0 saturated heterocycles. The van der Waals surface area contributed by atoms with E-state index in [0.29, 0.717) is 5.56 Å². The summed E-state index contributed by atoms with van der Waals surface area (Å²) in [6.07, 6.45) is 2.21. The Hall–Kier alpha value is -2.18. The molecule has 0 radical (unpaired) electrons. The molecular formula is C19H20FNSi. The normalized spacial score (nSPS) is 13.0. The zero-order chi connectivity index (χ0) is 16.2. The number of hydrogen-bond acceptors (Lipinski definition) is 1. The fourth-order valence-corrected chi connectivity index (χ4v) is 3.00. The van der Waals surface area contributed by atoms with Gasteiger partial charge in [-0.15, -0.1) is 0 Å². The van der Waals surface area contributed by atoms with Gasteiger partial charge in [0.05, 0.1) is 19.7 Å². The van der Waals surface area contributed by atoms with Gasteiger partial charge >= 0.3 is 0 Å². The van der Waals surface area contributed by atoms with Gasteiger partial charge in [-0.3, -0.25) is 0 Å². The topological polar surface area (TPSA) is 23.8 Å². The minimum atomic E-state index is -1.32. The summed E-state index contributed by atoms with van der Waals surface area (Å²) in [6, 6.07) is 16.4. The highest BCUT2D eigenvalue weighted by atomic mass is 28.3. The highest BCUT2D eigenvalue weighted by Gasteiger charge is 2.14. The van der Waals surface area contributed by atoms with Crippen LogP contribution in [-0.2, 0) is 0 Å². The Kier molecular flexibility index (Phi) is 4.94. The minimum Gasteiger partial charge on any atom is -0.207 e. The molecule has 22 heavy (non-hydrogen) atoms. The Morgan fingerprint density at radius 1 is 0.955 bits per heavy atom. The zero-order valence-corrected chi connectivity index (χ0v) is 14.2. The van der Waals surface area contributed by atoms with E-state index in [4.69, 9.17) is 5.26 Å². The minimum absolute atomic E-state index is 0.0834. The summed E-state index contributed by atoms with van der Waals surface area (Å²) in [4.78, 5) is 0.